The second-order valence-electron chi connectivity index (χ2n) is 4.10. The van der Waals surface area contributed by atoms with Gasteiger partial charge in [0.05, 0.1) is 27.4 Å². The van der Waals surface area contributed by atoms with Crippen LogP contribution in [0.2, 0.25) is 0 Å². The molecule has 3 N–H and O–H groups in total. The SMILES string of the molecule is COc1ccc(C(CN)OCCCO)c(OC)c1OC. The molecule has 0 fully saturated rings. The molecule has 1 atom stereocenters. The van der Waals surface area contributed by atoms with E-state index < -0.39 is 0 Å². The van der Waals surface area contributed by atoms with E-state index in [0.717, 1.165) is 5.56 Å². The Labute approximate surface area is 119 Å². The summed E-state index contributed by atoms with van der Waals surface area (Å²) in [5.41, 5.74) is 6.55. The molecule has 0 aliphatic heterocycles. The Morgan fingerprint density at radius 2 is 1.80 bits per heavy atom. The molecule has 0 aromatic heterocycles. The van der Waals surface area contributed by atoms with Crippen LogP contribution < -0.4 is 19.9 Å². The van der Waals surface area contributed by atoms with Crippen molar-refractivity contribution >= 4 is 0 Å². The topological polar surface area (TPSA) is 83.2 Å². The van der Waals surface area contributed by atoms with Crippen LogP contribution >= 0.6 is 0 Å². The maximum Gasteiger partial charge on any atom is 0.203 e. The number of hydrogen-bond donors (Lipinski definition) is 2. The zero-order valence-electron chi connectivity index (χ0n) is 12.2. The van der Waals surface area contributed by atoms with E-state index in [1.165, 1.54) is 0 Å². The van der Waals surface area contributed by atoms with Crippen LogP contribution in [-0.4, -0.2) is 46.2 Å². The summed E-state index contributed by atoms with van der Waals surface area (Å²) >= 11 is 0. The monoisotopic (exact) mass is 285 g/mol. The summed E-state index contributed by atoms with van der Waals surface area (Å²) in [6.07, 6.45) is 0.239. The molecule has 0 bridgehead atoms. The second-order valence-corrected chi connectivity index (χ2v) is 4.10. The number of rotatable bonds is 9. The second kappa shape index (κ2) is 8.63. The van der Waals surface area contributed by atoms with Crippen molar-refractivity contribution in [2.24, 2.45) is 5.73 Å². The first-order valence-electron chi connectivity index (χ1n) is 6.44. The zero-order valence-corrected chi connectivity index (χ0v) is 12.2. The van der Waals surface area contributed by atoms with E-state index in [9.17, 15) is 0 Å². The summed E-state index contributed by atoms with van der Waals surface area (Å²) < 4.78 is 21.6. The Kier molecular flexibility index (Phi) is 7.14. The molecule has 6 nitrogen and oxygen atoms in total. The number of aliphatic hydroxyl groups is 1. The summed E-state index contributed by atoms with van der Waals surface area (Å²) in [4.78, 5) is 0. The van der Waals surface area contributed by atoms with Gasteiger partial charge in [-0.15, -0.1) is 0 Å². The van der Waals surface area contributed by atoms with Gasteiger partial charge in [0.2, 0.25) is 5.75 Å². The van der Waals surface area contributed by atoms with Gasteiger partial charge in [-0.2, -0.15) is 0 Å². The van der Waals surface area contributed by atoms with Gasteiger partial charge in [0, 0.05) is 25.3 Å². The summed E-state index contributed by atoms with van der Waals surface area (Å²) in [6, 6.07) is 3.63. The minimum absolute atomic E-state index is 0.0837. The van der Waals surface area contributed by atoms with Gasteiger partial charge in [-0.3, -0.25) is 0 Å². The molecule has 1 aromatic rings. The fourth-order valence-corrected chi connectivity index (χ4v) is 1.95. The molecule has 0 aliphatic carbocycles. The van der Waals surface area contributed by atoms with E-state index in [1.54, 1.807) is 27.4 Å². The van der Waals surface area contributed by atoms with Gasteiger partial charge in [0.25, 0.3) is 0 Å². The highest BCUT2D eigenvalue weighted by atomic mass is 16.5. The van der Waals surface area contributed by atoms with Gasteiger partial charge < -0.3 is 29.8 Å². The van der Waals surface area contributed by atoms with E-state index in [2.05, 4.69) is 0 Å². The maximum atomic E-state index is 8.80. The molecular formula is C14H23NO5. The third-order valence-corrected chi connectivity index (χ3v) is 2.92. The number of ether oxygens (including phenoxy) is 4. The van der Waals surface area contributed by atoms with Crippen molar-refractivity contribution in [3.05, 3.63) is 17.7 Å². The van der Waals surface area contributed by atoms with Gasteiger partial charge in [0.1, 0.15) is 0 Å². The van der Waals surface area contributed by atoms with Crippen LogP contribution in [0.5, 0.6) is 17.2 Å². The number of benzene rings is 1. The third kappa shape index (κ3) is 3.75. The van der Waals surface area contributed by atoms with Crippen molar-refractivity contribution in [2.45, 2.75) is 12.5 Å². The quantitative estimate of drug-likeness (QED) is 0.661. The lowest BCUT2D eigenvalue weighted by atomic mass is 10.1. The molecule has 0 radical (unpaired) electrons. The van der Waals surface area contributed by atoms with Crippen LogP contribution in [0.1, 0.15) is 18.1 Å². The molecule has 0 heterocycles. The highest BCUT2D eigenvalue weighted by Gasteiger charge is 2.21. The van der Waals surface area contributed by atoms with Gasteiger partial charge >= 0.3 is 0 Å². The average molecular weight is 285 g/mol. The first-order valence-corrected chi connectivity index (χ1v) is 6.44. The molecule has 0 saturated carbocycles. The highest BCUT2D eigenvalue weighted by molar-refractivity contribution is 5.56. The number of hydrogen-bond acceptors (Lipinski definition) is 6. The highest BCUT2D eigenvalue weighted by Crippen LogP contribution is 2.42. The van der Waals surface area contributed by atoms with E-state index >= 15 is 0 Å². The standard InChI is InChI=1S/C14H23NO5/c1-17-11-6-5-10(13(18-2)14(11)19-3)12(9-15)20-8-4-7-16/h5-6,12,16H,4,7-9,15H2,1-3H3. The third-order valence-electron chi connectivity index (χ3n) is 2.92. The lowest BCUT2D eigenvalue weighted by Gasteiger charge is -2.21. The van der Waals surface area contributed by atoms with Crippen LogP contribution in [0.25, 0.3) is 0 Å². The zero-order chi connectivity index (χ0) is 15.0. The van der Waals surface area contributed by atoms with Crippen LogP contribution in [0.4, 0.5) is 0 Å². The molecule has 0 spiro atoms. The normalized spacial score (nSPS) is 12.1. The molecule has 1 rings (SSSR count). The molecule has 0 aliphatic rings. The fourth-order valence-electron chi connectivity index (χ4n) is 1.95. The Morgan fingerprint density at radius 1 is 1.10 bits per heavy atom. The first-order chi connectivity index (χ1) is 9.73. The lowest BCUT2D eigenvalue weighted by molar-refractivity contribution is 0.0471. The molecule has 114 valence electrons. The Morgan fingerprint density at radius 3 is 2.30 bits per heavy atom. The van der Waals surface area contributed by atoms with Gasteiger partial charge in [-0.1, -0.05) is 0 Å². The minimum Gasteiger partial charge on any atom is -0.493 e. The Hall–Kier alpha value is -1.50. The molecule has 6 heteroatoms. The average Bonchev–Trinajstić information content (AvgIpc) is 2.50. The molecule has 1 aromatic carbocycles. The Bertz CT molecular complexity index is 411. The maximum absolute atomic E-state index is 8.80. The summed E-state index contributed by atoms with van der Waals surface area (Å²) in [7, 11) is 4.67. The van der Waals surface area contributed by atoms with Crippen LogP contribution in [0.15, 0.2) is 12.1 Å². The minimum atomic E-state index is -0.323. The van der Waals surface area contributed by atoms with Crippen molar-refractivity contribution in [2.75, 3.05) is 41.1 Å². The van der Waals surface area contributed by atoms with Crippen LogP contribution in [0, 0.1) is 0 Å². The van der Waals surface area contributed by atoms with Crippen molar-refractivity contribution in [3.63, 3.8) is 0 Å². The summed E-state index contributed by atoms with van der Waals surface area (Å²) in [5, 5.41) is 8.80. The smallest absolute Gasteiger partial charge is 0.203 e. The lowest BCUT2D eigenvalue weighted by Crippen LogP contribution is -2.18. The fraction of sp³-hybridized carbons (Fsp3) is 0.571. The molecule has 20 heavy (non-hydrogen) atoms. The van der Waals surface area contributed by atoms with E-state index in [0.29, 0.717) is 36.8 Å². The van der Waals surface area contributed by atoms with E-state index in [4.69, 9.17) is 29.8 Å². The molecule has 1 unspecified atom stereocenters. The Balaban J connectivity index is 3.08. The van der Waals surface area contributed by atoms with Crippen LogP contribution in [-0.2, 0) is 4.74 Å². The van der Waals surface area contributed by atoms with Crippen molar-refractivity contribution in [1.82, 2.24) is 0 Å². The summed E-state index contributed by atoms with van der Waals surface area (Å²) in [5.74, 6) is 1.64. The van der Waals surface area contributed by atoms with E-state index in [-0.39, 0.29) is 12.7 Å². The van der Waals surface area contributed by atoms with Crippen molar-refractivity contribution < 1.29 is 24.1 Å². The number of nitrogens with two attached hydrogens (primary N) is 1. The van der Waals surface area contributed by atoms with Crippen LogP contribution in [0.3, 0.4) is 0 Å². The van der Waals surface area contributed by atoms with Crippen molar-refractivity contribution in [1.29, 1.82) is 0 Å². The molecular weight excluding hydrogens is 262 g/mol. The van der Waals surface area contributed by atoms with E-state index in [1.807, 2.05) is 6.07 Å². The predicted octanol–water partition coefficient (Wildman–Crippen LogP) is 1.11. The van der Waals surface area contributed by atoms with Gasteiger partial charge in [-0.25, -0.2) is 0 Å². The van der Waals surface area contributed by atoms with Gasteiger partial charge in [-0.05, 0) is 18.6 Å². The largest absolute Gasteiger partial charge is 0.493 e. The summed E-state index contributed by atoms with van der Waals surface area (Å²) in [6.45, 7) is 0.813. The number of methoxy groups -OCH3 is 3. The first kappa shape index (κ1) is 16.6. The van der Waals surface area contributed by atoms with Gasteiger partial charge in [0.15, 0.2) is 11.5 Å². The van der Waals surface area contributed by atoms with Crippen molar-refractivity contribution in [3.8, 4) is 17.2 Å². The number of aliphatic hydroxyl groups excluding tert-OH is 1. The predicted molar refractivity (Wildman–Crippen MR) is 75.5 cm³/mol. The molecule has 0 amide bonds. The molecule has 0 saturated heterocycles.